The largest absolute Gasteiger partial charge is 0.455 e. The Bertz CT molecular complexity index is 3560. The molecule has 0 aliphatic heterocycles. The first-order valence-electron chi connectivity index (χ1n) is 21.5. The minimum absolute atomic E-state index is 0.895. The van der Waals surface area contributed by atoms with E-state index in [2.05, 4.69) is 240 Å². The molecule has 0 saturated heterocycles. The number of rotatable bonds is 8. The number of hydrogen-bond donors (Lipinski definition) is 0. The maximum Gasteiger partial charge on any atom is 0.143 e. The molecule has 0 fully saturated rings. The van der Waals surface area contributed by atoms with E-state index >= 15 is 0 Å². The van der Waals surface area contributed by atoms with Gasteiger partial charge in [-0.3, -0.25) is 0 Å². The first kappa shape index (κ1) is 36.5. The molecule has 2 aromatic heterocycles. The van der Waals surface area contributed by atoms with Gasteiger partial charge in [0.25, 0.3) is 0 Å². The summed E-state index contributed by atoms with van der Waals surface area (Å²) in [5.74, 6) is 0. The Morgan fingerprint density at radius 1 is 0.302 bits per heavy atom. The summed E-state index contributed by atoms with van der Waals surface area (Å²) in [6, 6.07) is 87.0. The van der Waals surface area contributed by atoms with Gasteiger partial charge in [0.1, 0.15) is 11.2 Å². The van der Waals surface area contributed by atoms with E-state index in [0.717, 1.165) is 61.4 Å². The zero-order valence-electron chi connectivity index (χ0n) is 34.4. The van der Waals surface area contributed by atoms with Crippen molar-refractivity contribution in [1.82, 2.24) is 4.57 Å². The third-order valence-corrected chi connectivity index (χ3v) is 12.4. The van der Waals surface area contributed by atoms with Crippen LogP contribution in [0.5, 0.6) is 0 Å². The summed E-state index contributed by atoms with van der Waals surface area (Å²) in [7, 11) is 0. The SMILES string of the molecule is c1ccc(-c2ccccc2-c2ccc(N(c3ccc(-c4ccccc4-n4c5ccccc5c5ccccc54)cc3)c3cccc(-c4cccc5c4oc4ccccc45)c3)cc2)cc1. The number of fused-ring (bicyclic) bond motifs is 6. The van der Waals surface area contributed by atoms with Gasteiger partial charge in [-0.05, 0) is 94.0 Å². The first-order chi connectivity index (χ1) is 31.3. The molecule has 296 valence electrons. The van der Waals surface area contributed by atoms with Crippen molar-refractivity contribution in [3.05, 3.63) is 243 Å². The highest BCUT2D eigenvalue weighted by atomic mass is 16.3. The van der Waals surface area contributed by atoms with Gasteiger partial charge in [0.2, 0.25) is 0 Å². The van der Waals surface area contributed by atoms with E-state index in [9.17, 15) is 0 Å². The number of hydrogen-bond acceptors (Lipinski definition) is 2. The lowest BCUT2D eigenvalue weighted by atomic mass is 9.94. The minimum atomic E-state index is 0.895. The van der Waals surface area contributed by atoms with Crippen LogP contribution in [0.4, 0.5) is 17.1 Å². The Morgan fingerprint density at radius 3 is 1.46 bits per heavy atom. The van der Waals surface area contributed by atoms with Crippen LogP contribution in [0.15, 0.2) is 247 Å². The van der Waals surface area contributed by atoms with Crippen molar-refractivity contribution in [1.29, 1.82) is 0 Å². The Hall–Kier alpha value is -8.40. The van der Waals surface area contributed by atoms with Gasteiger partial charge in [0.05, 0.1) is 16.7 Å². The van der Waals surface area contributed by atoms with Gasteiger partial charge in [0, 0.05) is 49.7 Å². The molecule has 0 spiro atoms. The standard InChI is InChI=1S/C60H40N2O/c1-2-16-41(17-3-1)48-20-4-5-21-49(48)42-32-36-45(37-33-42)61(47-19-14-18-44(40-47)51-26-15-27-55-54-25-9-13-31-59(54)63-60(51)55)46-38-34-43(35-39-46)50-22-6-10-28-56(50)62-57-29-11-7-23-52(57)53-24-8-12-30-58(53)62/h1-40H. The molecule has 2 heterocycles. The van der Waals surface area contributed by atoms with E-state index in [1.807, 2.05) is 12.1 Å². The molecule has 0 radical (unpaired) electrons. The lowest BCUT2D eigenvalue weighted by molar-refractivity contribution is 0.670. The van der Waals surface area contributed by atoms with Crippen LogP contribution in [0.3, 0.4) is 0 Å². The molecule has 0 bridgehead atoms. The maximum atomic E-state index is 6.53. The van der Waals surface area contributed by atoms with Crippen molar-refractivity contribution in [2.45, 2.75) is 0 Å². The van der Waals surface area contributed by atoms with E-state index in [4.69, 9.17) is 4.42 Å². The summed E-state index contributed by atoms with van der Waals surface area (Å²) < 4.78 is 8.94. The summed E-state index contributed by atoms with van der Waals surface area (Å²) in [6.45, 7) is 0. The molecule has 12 aromatic rings. The zero-order chi connectivity index (χ0) is 41.7. The fraction of sp³-hybridized carbons (Fsp3) is 0. The van der Waals surface area contributed by atoms with Crippen molar-refractivity contribution in [2.75, 3.05) is 4.90 Å². The number of benzene rings is 10. The number of aromatic nitrogens is 1. The summed E-state index contributed by atoms with van der Waals surface area (Å²) >= 11 is 0. The van der Waals surface area contributed by atoms with Gasteiger partial charge < -0.3 is 13.9 Å². The van der Waals surface area contributed by atoms with Crippen LogP contribution < -0.4 is 4.90 Å². The van der Waals surface area contributed by atoms with E-state index in [1.165, 1.54) is 49.6 Å². The summed E-state index contributed by atoms with van der Waals surface area (Å²) in [4.78, 5) is 2.36. The summed E-state index contributed by atoms with van der Waals surface area (Å²) in [6.07, 6.45) is 0. The molecule has 0 saturated carbocycles. The number of nitrogens with zero attached hydrogens (tertiary/aromatic N) is 2. The van der Waals surface area contributed by atoms with Crippen LogP contribution in [0, 0.1) is 0 Å². The summed E-state index contributed by atoms with van der Waals surface area (Å²) in [5, 5.41) is 4.75. The quantitative estimate of drug-likeness (QED) is 0.153. The Labute approximate surface area is 366 Å². The molecule has 0 atom stereocenters. The number of anilines is 3. The molecule has 12 rings (SSSR count). The first-order valence-corrected chi connectivity index (χ1v) is 21.5. The van der Waals surface area contributed by atoms with Gasteiger partial charge in [-0.2, -0.15) is 0 Å². The topological polar surface area (TPSA) is 21.3 Å². The lowest BCUT2D eigenvalue weighted by Gasteiger charge is -2.27. The van der Waals surface area contributed by atoms with Crippen molar-refractivity contribution in [3.63, 3.8) is 0 Å². The van der Waals surface area contributed by atoms with E-state index in [1.54, 1.807) is 0 Å². The van der Waals surface area contributed by atoms with Gasteiger partial charge >= 0.3 is 0 Å². The number of furan rings is 1. The van der Waals surface area contributed by atoms with Gasteiger partial charge in [-0.15, -0.1) is 0 Å². The van der Waals surface area contributed by atoms with E-state index in [0.29, 0.717) is 0 Å². The fourth-order valence-electron chi connectivity index (χ4n) is 9.51. The molecule has 3 heteroatoms. The minimum Gasteiger partial charge on any atom is -0.455 e. The van der Waals surface area contributed by atoms with Gasteiger partial charge in [-0.1, -0.05) is 182 Å². The third kappa shape index (κ3) is 6.29. The second kappa shape index (κ2) is 15.3. The predicted molar refractivity (Wildman–Crippen MR) is 264 cm³/mol. The molecule has 3 nitrogen and oxygen atoms in total. The van der Waals surface area contributed by atoms with Crippen molar-refractivity contribution >= 4 is 60.8 Å². The molecule has 0 N–H and O–H groups in total. The second-order valence-corrected chi connectivity index (χ2v) is 16.1. The van der Waals surface area contributed by atoms with Crippen molar-refractivity contribution in [3.8, 4) is 50.2 Å². The zero-order valence-corrected chi connectivity index (χ0v) is 34.4. The molecule has 0 aliphatic carbocycles. The predicted octanol–water partition coefficient (Wildman–Crippen LogP) is 16.8. The van der Waals surface area contributed by atoms with Crippen LogP contribution >= 0.6 is 0 Å². The van der Waals surface area contributed by atoms with Crippen molar-refractivity contribution in [2.24, 2.45) is 0 Å². The lowest BCUT2D eigenvalue weighted by Crippen LogP contribution is -2.10. The van der Waals surface area contributed by atoms with Crippen LogP contribution in [0.25, 0.3) is 93.9 Å². The van der Waals surface area contributed by atoms with Crippen LogP contribution in [-0.2, 0) is 0 Å². The van der Waals surface area contributed by atoms with Gasteiger partial charge in [-0.25, -0.2) is 0 Å². The highest BCUT2D eigenvalue weighted by molar-refractivity contribution is 6.11. The normalized spacial score (nSPS) is 11.5. The molecule has 0 unspecified atom stereocenters. The molecule has 0 aliphatic rings. The Kier molecular flexibility index (Phi) is 8.83. The van der Waals surface area contributed by atoms with E-state index < -0.39 is 0 Å². The van der Waals surface area contributed by atoms with Crippen LogP contribution in [0.1, 0.15) is 0 Å². The van der Waals surface area contributed by atoms with E-state index in [-0.39, 0.29) is 0 Å². The Morgan fingerprint density at radius 2 is 0.778 bits per heavy atom. The average Bonchev–Trinajstić information content (AvgIpc) is 3.91. The fourth-order valence-corrected chi connectivity index (χ4v) is 9.51. The van der Waals surface area contributed by atoms with Crippen molar-refractivity contribution < 1.29 is 4.42 Å². The second-order valence-electron chi connectivity index (χ2n) is 16.1. The highest BCUT2D eigenvalue weighted by Crippen LogP contribution is 2.43. The number of para-hydroxylation sites is 5. The third-order valence-electron chi connectivity index (χ3n) is 12.4. The molecule has 0 amide bonds. The van der Waals surface area contributed by atoms with Crippen LogP contribution in [0.2, 0.25) is 0 Å². The molecular formula is C60H40N2O. The maximum absolute atomic E-state index is 6.53. The highest BCUT2D eigenvalue weighted by Gasteiger charge is 2.19. The van der Waals surface area contributed by atoms with Gasteiger partial charge in [0.15, 0.2) is 0 Å². The molecular weight excluding hydrogens is 765 g/mol. The van der Waals surface area contributed by atoms with Crippen LogP contribution in [-0.4, -0.2) is 4.57 Å². The smallest absolute Gasteiger partial charge is 0.143 e. The summed E-state index contributed by atoms with van der Waals surface area (Å²) in [5.41, 5.74) is 17.8. The molecule has 10 aromatic carbocycles. The average molecular weight is 805 g/mol. The monoisotopic (exact) mass is 804 g/mol. The Balaban J connectivity index is 0.982. The molecule has 63 heavy (non-hydrogen) atoms.